The minimum atomic E-state index is -0.269. The molecule has 6 nitrogen and oxygen atoms in total. The lowest BCUT2D eigenvalue weighted by Gasteiger charge is -2.03. The Morgan fingerprint density at radius 2 is 2.43 bits per heavy atom. The van der Waals surface area contributed by atoms with Crippen LogP contribution >= 0.6 is 0 Å². The van der Waals surface area contributed by atoms with E-state index < -0.39 is 0 Å². The molecular weight excluding hydrogens is 184 g/mol. The van der Waals surface area contributed by atoms with Crippen LogP contribution < -0.4 is 16.2 Å². The lowest BCUT2D eigenvalue weighted by atomic mass is 10.4. The molecule has 1 heterocycles. The molecule has 0 fully saturated rings. The molecule has 0 unspecified atom stereocenters. The zero-order valence-electron chi connectivity index (χ0n) is 7.83. The quantitative estimate of drug-likeness (QED) is 0.595. The summed E-state index contributed by atoms with van der Waals surface area (Å²) in [5, 5.41) is 11.3. The first-order chi connectivity index (χ1) is 6.72. The molecule has 14 heavy (non-hydrogen) atoms. The number of H-pyrrole nitrogens is 1. The van der Waals surface area contributed by atoms with Gasteiger partial charge in [0.2, 0.25) is 5.91 Å². The molecule has 0 saturated carbocycles. The lowest BCUT2D eigenvalue weighted by molar-refractivity contribution is -0.120. The van der Waals surface area contributed by atoms with Crippen molar-refractivity contribution in [2.75, 3.05) is 18.9 Å². The molecule has 0 saturated heterocycles. The van der Waals surface area contributed by atoms with Gasteiger partial charge in [0.05, 0.1) is 11.9 Å². The summed E-state index contributed by atoms with van der Waals surface area (Å²) in [7, 11) is 1.58. The molecule has 1 aromatic heterocycles. The Labute approximate surface area is 80.7 Å². The topological polar surface area (TPSA) is 86.9 Å². The SMILES string of the molecule is CNC(=O)CCNc1cn[nH]c(=O)c1. The summed E-state index contributed by atoms with van der Waals surface area (Å²) < 4.78 is 0. The Kier molecular flexibility index (Phi) is 3.66. The highest BCUT2D eigenvalue weighted by Gasteiger charge is 1.97. The van der Waals surface area contributed by atoms with Gasteiger partial charge in [-0.15, -0.1) is 0 Å². The Morgan fingerprint density at radius 1 is 1.64 bits per heavy atom. The Hall–Kier alpha value is -1.85. The number of carbonyl (C=O) groups is 1. The zero-order valence-corrected chi connectivity index (χ0v) is 7.83. The number of nitrogens with one attached hydrogen (secondary N) is 3. The van der Waals surface area contributed by atoms with E-state index in [-0.39, 0.29) is 11.5 Å². The molecule has 0 bridgehead atoms. The van der Waals surface area contributed by atoms with Crippen LogP contribution in [0.15, 0.2) is 17.1 Å². The maximum Gasteiger partial charge on any atom is 0.266 e. The van der Waals surface area contributed by atoms with Gasteiger partial charge >= 0.3 is 0 Å². The highest BCUT2D eigenvalue weighted by Crippen LogP contribution is 1.97. The lowest BCUT2D eigenvalue weighted by Crippen LogP contribution is -2.21. The fourth-order valence-electron chi connectivity index (χ4n) is 0.918. The second-order valence-electron chi connectivity index (χ2n) is 2.68. The first kappa shape index (κ1) is 10.2. The number of aromatic nitrogens is 2. The maximum atomic E-state index is 10.8. The van der Waals surface area contributed by atoms with Crippen LogP contribution in [-0.2, 0) is 4.79 Å². The van der Waals surface area contributed by atoms with Gasteiger partial charge in [0.15, 0.2) is 0 Å². The summed E-state index contributed by atoms with van der Waals surface area (Å²) in [6, 6.07) is 1.39. The minimum Gasteiger partial charge on any atom is -0.383 e. The van der Waals surface area contributed by atoms with Crippen molar-refractivity contribution in [1.82, 2.24) is 15.5 Å². The maximum absolute atomic E-state index is 10.8. The van der Waals surface area contributed by atoms with Gasteiger partial charge in [-0.05, 0) is 0 Å². The van der Waals surface area contributed by atoms with Crippen molar-refractivity contribution in [2.24, 2.45) is 0 Å². The molecule has 1 aromatic rings. The van der Waals surface area contributed by atoms with E-state index in [1.54, 1.807) is 7.05 Å². The smallest absolute Gasteiger partial charge is 0.266 e. The molecule has 0 aliphatic carbocycles. The first-order valence-corrected chi connectivity index (χ1v) is 4.21. The molecule has 0 aliphatic heterocycles. The van der Waals surface area contributed by atoms with E-state index in [1.165, 1.54) is 12.3 Å². The van der Waals surface area contributed by atoms with Crippen LogP contribution in [0, 0.1) is 0 Å². The van der Waals surface area contributed by atoms with Crippen molar-refractivity contribution in [3.05, 3.63) is 22.6 Å². The molecule has 0 radical (unpaired) electrons. The number of hydrogen-bond acceptors (Lipinski definition) is 4. The van der Waals surface area contributed by atoms with Gasteiger partial charge in [-0.3, -0.25) is 9.59 Å². The number of aromatic amines is 1. The van der Waals surface area contributed by atoms with Gasteiger partial charge in [0, 0.05) is 26.1 Å². The zero-order chi connectivity index (χ0) is 10.4. The van der Waals surface area contributed by atoms with Crippen LogP contribution in [0.3, 0.4) is 0 Å². The van der Waals surface area contributed by atoms with Crippen LogP contribution in [0.1, 0.15) is 6.42 Å². The highest BCUT2D eigenvalue weighted by atomic mass is 16.1. The average molecular weight is 196 g/mol. The van der Waals surface area contributed by atoms with Crippen molar-refractivity contribution in [3.63, 3.8) is 0 Å². The highest BCUT2D eigenvalue weighted by molar-refractivity contribution is 5.76. The van der Waals surface area contributed by atoms with Crippen molar-refractivity contribution < 1.29 is 4.79 Å². The van der Waals surface area contributed by atoms with Gasteiger partial charge in [-0.1, -0.05) is 0 Å². The summed E-state index contributed by atoms with van der Waals surface area (Å²) in [5.74, 6) is -0.0460. The normalized spacial score (nSPS) is 9.50. The third-order valence-electron chi connectivity index (χ3n) is 1.62. The van der Waals surface area contributed by atoms with E-state index in [4.69, 9.17) is 0 Å². The molecule has 0 aromatic carbocycles. The van der Waals surface area contributed by atoms with Crippen LogP contribution in [0.4, 0.5) is 5.69 Å². The van der Waals surface area contributed by atoms with Crippen molar-refractivity contribution in [2.45, 2.75) is 6.42 Å². The summed E-state index contributed by atoms with van der Waals surface area (Å²) in [4.78, 5) is 21.6. The monoisotopic (exact) mass is 196 g/mol. The number of amides is 1. The number of nitrogens with zero attached hydrogens (tertiary/aromatic N) is 1. The Balaban J connectivity index is 2.39. The van der Waals surface area contributed by atoms with Crippen LogP contribution in [0.2, 0.25) is 0 Å². The van der Waals surface area contributed by atoms with Crippen molar-refractivity contribution in [1.29, 1.82) is 0 Å². The average Bonchev–Trinajstić information content (AvgIpc) is 2.17. The molecule has 1 rings (SSSR count). The largest absolute Gasteiger partial charge is 0.383 e. The summed E-state index contributed by atoms with van der Waals surface area (Å²) in [5.41, 5.74) is 0.340. The number of carbonyl (C=O) groups excluding carboxylic acids is 1. The van der Waals surface area contributed by atoms with E-state index in [9.17, 15) is 9.59 Å². The standard InChI is InChI=1S/C8H12N4O2/c1-9-7(13)2-3-10-6-4-8(14)12-11-5-6/h4-5H,2-3H2,1H3,(H,9,13)(H2,10,12,14). The Bertz CT molecular complexity index is 360. The van der Waals surface area contributed by atoms with Crippen molar-refractivity contribution >= 4 is 11.6 Å². The van der Waals surface area contributed by atoms with E-state index in [2.05, 4.69) is 20.8 Å². The molecule has 3 N–H and O–H groups in total. The van der Waals surface area contributed by atoms with Gasteiger partial charge in [0.25, 0.3) is 5.56 Å². The third-order valence-corrected chi connectivity index (χ3v) is 1.62. The van der Waals surface area contributed by atoms with E-state index in [0.29, 0.717) is 18.7 Å². The van der Waals surface area contributed by atoms with Gasteiger partial charge in [0.1, 0.15) is 0 Å². The summed E-state index contributed by atoms with van der Waals surface area (Å²) in [6.07, 6.45) is 1.86. The van der Waals surface area contributed by atoms with Crippen molar-refractivity contribution in [3.8, 4) is 0 Å². The summed E-state index contributed by atoms with van der Waals surface area (Å²) in [6.45, 7) is 0.477. The first-order valence-electron chi connectivity index (χ1n) is 4.21. The van der Waals surface area contributed by atoms with E-state index in [1.807, 2.05) is 0 Å². The number of anilines is 1. The molecule has 1 amide bonds. The molecule has 0 aliphatic rings. The fourth-order valence-corrected chi connectivity index (χ4v) is 0.918. The number of rotatable bonds is 4. The second-order valence-corrected chi connectivity index (χ2v) is 2.68. The number of hydrogen-bond donors (Lipinski definition) is 3. The van der Waals surface area contributed by atoms with Crippen LogP contribution in [-0.4, -0.2) is 29.7 Å². The van der Waals surface area contributed by atoms with Gasteiger partial charge < -0.3 is 10.6 Å². The molecule has 76 valence electrons. The minimum absolute atomic E-state index is 0.0460. The van der Waals surface area contributed by atoms with Gasteiger partial charge in [-0.25, -0.2) is 5.10 Å². The second kappa shape index (κ2) is 5.00. The van der Waals surface area contributed by atoms with Crippen LogP contribution in [0.25, 0.3) is 0 Å². The Morgan fingerprint density at radius 3 is 3.07 bits per heavy atom. The predicted molar refractivity (Wildman–Crippen MR) is 52.0 cm³/mol. The van der Waals surface area contributed by atoms with E-state index >= 15 is 0 Å². The molecule has 6 heteroatoms. The molecule has 0 atom stereocenters. The third kappa shape index (κ3) is 3.26. The van der Waals surface area contributed by atoms with E-state index in [0.717, 1.165) is 0 Å². The fraction of sp³-hybridized carbons (Fsp3) is 0.375. The molecule has 0 spiro atoms. The predicted octanol–water partition coefficient (Wildman–Crippen LogP) is -0.682. The van der Waals surface area contributed by atoms with Gasteiger partial charge in [-0.2, -0.15) is 5.10 Å². The molecular formula is C8H12N4O2. The summed E-state index contributed by atoms with van der Waals surface area (Å²) >= 11 is 0. The van der Waals surface area contributed by atoms with Crippen LogP contribution in [0.5, 0.6) is 0 Å².